The van der Waals surface area contributed by atoms with Gasteiger partial charge in [0.2, 0.25) is 11.8 Å². The summed E-state index contributed by atoms with van der Waals surface area (Å²) < 4.78 is 4.16. The predicted octanol–water partition coefficient (Wildman–Crippen LogP) is 1.13. The maximum absolute atomic E-state index is 11.9. The van der Waals surface area contributed by atoms with Crippen LogP contribution in [0.15, 0.2) is 4.76 Å². The Labute approximate surface area is 128 Å². The Hall–Kier alpha value is -1.36. The summed E-state index contributed by atoms with van der Waals surface area (Å²) in [5.41, 5.74) is 10.8. The van der Waals surface area contributed by atoms with Gasteiger partial charge in [-0.25, -0.2) is 0 Å². The van der Waals surface area contributed by atoms with E-state index in [0.717, 1.165) is 6.42 Å². The van der Waals surface area contributed by atoms with Gasteiger partial charge in [0, 0.05) is 11.9 Å². The Morgan fingerprint density at radius 1 is 1.33 bits per heavy atom. The monoisotopic (exact) mass is 316 g/mol. The lowest BCUT2D eigenvalue weighted by Gasteiger charge is -2.18. The van der Waals surface area contributed by atoms with Crippen molar-refractivity contribution in [1.29, 1.82) is 0 Å². The molecule has 0 heterocycles. The van der Waals surface area contributed by atoms with Crippen LogP contribution >= 0.6 is 8.07 Å². The summed E-state index contributed by atoms with van der Waals surface area (Å²) in [6, 6.07) is -0.597. The summed E-state index contributed by atoms with van der Waals surface area (Å²) in [4.78, 5) is 23.0. The quantitative estimate of drug-likeness (QED) is 0.255. The first kappa shape index (κ1) is 19.6. The van der Waals surface area contributed by atoms with E-state index in [1.54, 1.807) is 6.92 Å². The highest BCUT2D eigenvalue weighted by Crippen LogP contribution is 2.26. The van der Waals surface area contributed by atoms with E-state index in [4.69, 9.17) is 11.5 Å². The molecule has 8 heteroatoms. The van der Waals surface area contributed by atoms with Gasteiger partial charge >= 0.3 is 0 Å². The Balaban J connectivity index is 4.01. The van der Waals surface area contributed by atoms with Gasteiger partial charge in [-0.15, -0.1) is 0 Å². The molecule has 0 radical (unpaired) electrons. The minimum absolute atomic E-state index is 0.159. The lowest BCUT2D eigenvalue weighted by atomic mass is 10.0. The summed E-state index contributed by atoms with van der Waals surface area (Å²) in [6.07, 6.45) is 1.90. The molecule has 2 unspecified atom stereocenters. The molecule has 0 fully saturated rings. The van der Waals surface area contributed by atoms with Crippen LogP contribution < -0.4 is 16.8 Å². The molecule has 7 nitrogen and oxygen atoms in total. The number of amides is 2. The highest BCUT2D eigenvalue weighted by molar-refractivity contribution is 7.54. The van der Waals surface area contributed by atoms with E-state index >= 15 is 0 Å². The normalized spacial score (nSPS) is 14.6. The number of hydrogen-bond donors (Lipinski definition) is 3. The van der Waals surface area contributed by atoms with Crippen LogP contribution in [-0.4, -0.2) is 43.7 Å². The average molecular weight is 316 g/mol. The van der Waals surface area contributed by atoms with Crippen molar-refractivity contribution in [3.05, 3.63) is 5.32 Å². The van der Waals surface area contributed by atoms with E-state index in [9.17, 15) is 9.59 Å². The van der Waals surface area contributed by atoms with Crippen molar-refractivity contribution < 1.29 is 9.59 Å². The van der Waals surface area contributed by atoms with Crippen LogP contribution in [0.3, 0.4) is 0 Å². The molecule has 0 aliphatic carbocycles. The minimum Gasteiger partial charge on any atom is -0.454 e. The van der Waals surface area contributed by atoms with Crippen molar-refractivity contribution in [2.75, 3.05) is 19.9 Å². The van der Waals surface area contributed by atoms with E-state index < -0.39 is 20.0 Å². The standard InChI is InChI=1S/C13H28N5O2P/c1-5-10(11(14)19)17-12(20)9(2)7-6-8-16-13(15)18-21(3)4/h9-10H,5-8H2,1-4H3,(H6,14,15,16,17,18,19,20)/p-1. The molecule has 0 spiro atoms. The number of nitrogens with zero attached hydrogens (tertiary/aromatic N) is 2. The summed E-state index contributed by atoms with van der Waals surface area (Å²) >= 11 is 0. The molecular formula is C13H27N5O2P-. The van der Waals surface area contributed by atoms with Crippen LogP contribution in [0.1, 0.15) is 33.1 Å². The largest absolute Gasteiger partial charge is 0.454 e. The van der Waals surface area contributed by atoms with Crippen molar-refractivity contribution in [3.63, 3.8) is 0 Å². The first-order valence-corrected chi connectivity index (χ1v) is 9.25. The number of nitrogens with one attached hydrogen (secondary N) is 1. The zero-order valence-corrected chi connectivity index (χ0v) is 14.2. The van der Waals surface area contributed by atoms with Gasteiger partial charge in [0.25, 0.3) is 0 Å². The van der Waals surface area contributed by atoms with Crippen LogP contribution in [0.2, 0.25) is 0 Å². The first-order chi connectivity index (χ1) is 9.77. The van der Waals surface area contributed by atoms with E-state index in [-0.39, 0.29) is 11.8 Å². The van der Waals surface area contributed by atoms with Gasteiger partial charge in [-0.05, 0) is 39.1 Å². The van der Waals surface area contributed by atoms with Gasteiger partial charge in [0.15, 0.2) is 0 Å². The highest BCUT2D eigenvalue weighted by Gasteiger charge is 2.19. The Morgan fingerprint density at radius 2 is 1.95 bits per heavy atom. The molecule has 0 bridgehead atoms. The average Bonchev–Trinajstić information content (AvgIpc) is 2.39. The third-order valence-corrected chi connectivity index (χ3v) is 3.49. The fourth-order valence-electron chi connectivity index (χ4n) is 1.65. The second-order valence-corrected chi connectivity index (χ2v) is 7.00. The molecule has 122 valence electrons. The predicted molar refractivity (Wildman–Crippen MR) is 88.4 cm³/mol. The number of carbonyl (C=O) groups is 2. The van der Waals surface area contributed by atoms with Crippen LogP contribution in [0.25, 0.3) is 5.32 Å². The van der Waals surface area contributed by atoms with Gasteiger partial charge < -0.3 is 26.9 Å². The SMILES string of the molecule is CCC(NC(=O)C(C)CCC[N-]/C(N)=N\P(C)C)C(N)=O. The molecule has 0 saturated carbocycles. The smallest absolute Gasteiger partial charge is 0.239 e. The topological polar surface area (TPSA) is 125 Å². The maximum atomic E-state index is 11.9. The molecule has 2 atom stereocenters. The molecule has 5 N–H and O–H groups in total. The van der Waals surface area contributed by atoms with Gasteiger partial charge in [-0.2, -0.15) is 0 Å². The van der Waals surface area contributed by atoms with E-state index in [1.165, 1.54) is 0 Å². The summed E-state index contributed by atoms with van der Waals surface area (Å²) in [7, 11) is -0.440. The van der Waals surface area contributed by atoms with E-state index in [0.29, 0.717) is 25.3 Å². The fraction of sp³-hybridized carbons (Fsp3) is 0.769. The van der Waals surface area contributed by atoms with E-state index in [2.05, 4.69) is 15.4 Å². The summed E-state index contributed by atoms with van der Waals surface area (Å²) in [5, 5.41) is 6.79. The molecule has 0 aliphatic heterocycles. The van der Waals surface area contributed by atoms with Crippen molar-refractivity contribution in [3.8, 4) is 0 Å². The molecule has 0 aromatic rings. The zero-order chi connectivity index (χ0) is 16.4. The van der Waals surface area contributed by atoms with Gasteiger partial charge in [0.05, 0.1) is 0 Å². The number of guanidine groups is 1. The van der Waals surface area contributed by atoms with Gasteiger partial charge in [-0.3, -0.25) is 9.59 Å². The number of primary amides is 1. The van der Waals surface area contributed by atoms with Crippen LogP contribution in [-0.2, 0) is 9.59 Å². The minimum atomic E-state index is -0.597. The number of rotatable bonds is 9. The van der Waals surface area contributed by atoms with Crippen LogP contribution in [0.5, 0.6) is 0 Å². The lowest BCUT2D eigenvalue weighted by Crippen LogP contribution is -2.45. The highest BCUT2D eigenvalue weighted by atomic mass is 31.1. The van der Waals surface area contributed by atoms with E-state index in [1.807, 2.05) is 20.3 Å². The summed E-state index contributed by atoms with van der Waals surface area (Å²) in [5.74, 6) is -0.537. The van der Waals surface area contributed by atoms with Crippen molar-refractivity contribution in [1.82, 2.24) is 5.32 Å². The first-order valence-electron chi connectivity index (χ1n) is 7.06. The molecule has 21 heavy (non-hydrogen) atoms. The van der Waals surface area contributed by atoms with Crippen LogP contribution in [0, 0.1) is 5.92 Å². The lowest BCUT2D eigenvalue weighted by molar-refractivity contribution is -0.129. The molecule has 0 saturated heterocycles. The molecular weight excluding hydrogens is 289 g/mol. The number of nitrogens with two attached hydrogens (primary N) is 2. The summed E-state index contributed by atoms with van der Waals surface area (Å²) in [6.45, 7) is 8.15. The Morgan fingerprint density at radius 3 is 2.43 bits per heavy atom. The van der Waals surface area contributed by atoms with Crippen molar-refractivity contribution in [2.45, 2.75) is 39.2 Å². The maximum Gasteiger partial charge on any atom is 0.239 e. The fourth-order valence-corrected chi connectivity index (χ4v) is 2.12. The number of carbonyl (C=O) groups excluding carboxylic acids is 2. The number of hydrogen-bond acceptors (Lipinski definition) is 3. The third-order valence-electron chi connectivity index (χ3n) is 2.89. The molecule has 0 aliphatic rings. The molecule has 0 aromatic heterocycles. The second-order valence-electron chi connectivity index (χ2n) is 5.10. The molecule has 0 rings (SSSR count). The van der Waals surface area contributed by atoms with Crippen LogP contribution in [0.4, 0.5) is 0 Å². The van der Waals surface area contributed by atoms with Gasteiger partial charge in [0.1, 0.15) is 6.04 Å². The Kier molecular flexibility index (Phi) is 9.71. The zero-order valence-electron chi connectivity index (χ0n) is 13.3. The molecule has 0 aromatic carbocycles. The molecule has 2 amide bonds. The Bertz CT molecular complexity index is 374. The third kappa shape index (κ3) is 9.24. The second kappa shape index (κ2) is 10.4. The van der Waals surface area contributed by atoms with Crippen molar-refractivity contribution in [2.24, 2.45) is 22.1 Å². The van der Waals surface area contributed by atoms with Gasteiger partial charge in [-0.1, -0.05) is 21.9 Å². The van der Waals surface area contributed by atoms with Crippen molar-refractivity contribution >= 4 is 25.8 Å².